The fraction of sp³-hybridized carbons (Fsp3) is 0.765. The fourth-order valence-corrected chi connectivity index (χ4v) is 3.84. The van der Waals surface area contributed by atoms with Gasteiger partial charge in [-0.25, -0.2) is 9.97 Å². The quantitative estimate of drug-likeness (QED) is 0.901. The summed E-state index contributed by atoms with van der Waals surface area (Å²) in [7, 11) is 0. The first kappa shape index (κ1) is 14.6. The molecule has 4 nitrogen and oxygen atoms in total. The molecule has 116 valence electrons. The summed E-state index contributed by atoms with van der Waals surface area (Å²) in [5.74, 6) is 4.98. The minimum absolute atomic E-state index is 0.898. The Bertz CT molecular complexity index is 488. The molecule has 4 heteroatoms. The van der Waals surface area contributed by atoms with Crippen LogP contribution in [0.4, 0.5) is 11.6 Å². The molecule has 1 aromatic rings. The average Bonchev–Trinajstić information content (AvgIpc) is 3.07. The van der Waals surface area contributed by atoms with Crippen LogP contribution in [-0.4, -0.2) is 29.6 Å². The Kier molecular flexibility index (Phi) is 4.32. The minimum atomic E-state index is 0.898. The molecule has 2 atom stereocenters. The minimum Gasteiger partial charge on any atom is -0.370 e. The highest BCUT2D eigenvalue weighted by Crippen LogP contribution is 2.40. The Morgan fingerprint density at radius 2 is 1.86 bits per heavy atom. The van der Waals surface area contributed by atoms with E-state index in [9.17, 15) is 0 Å². The Morgan fingerprint density at radius 3 is 2.48 bits per heavy atom. The molecule has 2 heterocycles. The van der Waals surface area contributed by atoms with Crippen LogP contribution in [0.15, 0.2) is 0 Å². The number of anilines is 2. The number of nitrogens with one attached hydrogen (secondary N) is 1. The SMILES string of the molecule is CCCNc1nc(CC)nc(N2CC3CCCC3C2)c1C. The number of hydrogen-bond acceptors (Lipinski definition) is 4. The van der Waals surface area contributed by atoms with E-state index in [-0.39, 0.29) is 0 Å². The lowest BCUT2D eigenvalue weighted by Gasteiger charge is -2.23. The molecule has 0 radical (unpaired) electrons. The number of hydrogen-bond donors (Lipinski definition) is 1. The van der Waals surface area contributed by atoms with Gasteiger partial charge in [0.05, 0.1) is 0 Å². The first-order valence-corrected chi connectivity index (χ1v) is 8.59. The summed E-state index contributed by atoms with van der Waals surface area (Å²) in [5.41, 5.74) is 1.22. The van der Waals surface area contributed by atoms with Crippen LogP contribution < -0.4 is 10.2 Å². The molecular formula is C17H28N4. The molecule has 0 bridgehead atoms. The first-order valence-electron chi connectivity index (χ1n) is 8.59. The van der Waals surface area contributed by atoms with Crippen molar-refractivity contribution in [3.8, 4) is 0 Å². The topological polar surface area (TPSA) is 41.1 Å². The summed E-state index contributed by atoms with van der Waals surface area (Å²) in [4.78, 5) is 12.0. The Labute approximate surface area is 128 Å². The molecule has 1 aliphatic heterocycles. The highest BCUT2D eigenvalue weighted by Gasteiger charge is 2.37. The monoisotopic (exact) mass is 288 g/mol. The highest BCUT2D eigenvalue weighted by atomic mass is 15.2. The summed E-state index contributed by atoms with van der Waals surface area (Å²) in [6.45, 7) is 9.86. The van der Waals surface area contributed by atoms with Crippen molar-refractivity contribution >= 4 is 11.6 Å². The van der Waals surface area contributed by atoms with Crippen molar-refractivity contribution in [3.05, 3.63) is 11.4 Å². The van der Waals surface area contributed by atoms with Crippen LogP contribution in [0, 0.1) is 18.8 Å². The molecule has 1 N–H and O–H groups in total. The zero-order valence-corrected chi connectivity index (χ0v) is 13.7. The van der Waals surface area contributed by atoms with E-state index in [4.69, 9.17) is 4.98 Å². The molecule has 1 aromatic heterocycles. The summed E-state index contributed by atoms with van der Waals surface area (Å²) in [6.07, 6.45) is 6.26. The van der Waals surface area contributed by atoms with E-state index in [2.05, 4.69) is 36.0 Å². The molecule has 2 fully saturated rings. The lowest BCUT2D eigenvalue weighted by atomic mass is 10.0. The zero-order valence-electron chi connectivity index (χ0n) is 13.7. The van der Waals surface area contributed by atoms with Crippen molar-refractivity contribution < 1.29 is 0 Å². The van der Waals surface area contributed by atoms with Gasteiger partial charge in [-0.2, -0.15) is 0 Å². The third-order valence-electron chi connectivity index (χ3n) is 5.05. The van der Waals surface area contributed by atoms with Gasteiger partial charge in [-0.05, 0) is 38.0 Å². The number of aromatic nitrogens is 2. The van der Waals surface area contributed by atoms with Gasteiger partial charge in [-0.3, -0.25) is 0 Å². The van der Waals surface area contributed by atoms with Gasteiger partial charge in [0.2, 0.25) is 0 Å². The molecule has 2 unspecified atom stereocenters. The molecule has 3 rings (SSSR count). The van der Waals surface area contributed by atoms with Gasteiger partial charge in [0, 0.05) is 31.6 Å². The van der Waals surface area contributed by atoms with Crippen molar-refractivity contribution in [1.29, 1.82) is 0 Å². The maximum atomic E-state index is 4.84. The van der Waals surface area contributed by atoms with Crippen LogP contribution in [-0.2, 0) is 6.42 Å². The van der Waals surface area contributed by atoms with Crippen LogP contribution >= 0.6 is 0 Å². The number of fused-ring (bicyclic) bond motifs is 1. The second kappa shape index (κ2) is 6.20. The lowest BCUT2D eigenvalue weighted by Crippen LogP contribution is -2.24. The van der Waals surface area contributed by atoms with Crippen LogP contribution in [0.5, 0.6) is 0 Å². The third-order valence-corrected chi connectivity index (χ3v) is 5.05. The largest absolute Gasteiger partial charge is 0.370 e. The second-order valence-corrected chi connectivity index (χ2v) is 6.57. The summed E-state index contributed by atoms with van der Waals surface area (Å²) < 4.78 is 0. The maximum absolute atomic E-state index is 4.84. The Balaban J connectivity index is 1.86. The average molecular weight is 288 g/mol. The van der Waals surface area contributed by atoms with Gasteiger partial charge >= 0.3 is 0 Å². The summed E-state index contributed by atoms with van der Waals surface area (Å²) in [5, 5.41) is 3.47. The van der Waals surface area contributed by atoms with Crippen LogP contribution in [0.25, 0.3) is 0 Å². The molecule has 1 aliphatic carbocycles. The van der Waals surface area contributed by atoms with E-state index in [1.165, 1.54) is 43.7 Å². The third kappa shape index (κ3) is 2.85. The molecule has 1 saturated carbocycles. The predicted octanol–water partition coefficient (Wildman–Crippen LogP) is 3.41. The molecule has 0 amide bonds. The van der Waals surface area contributed by atoms with Crippen LogP contribution in [0.3, 0.4) is 0 Å². The van der Waals surface area contributed by atoms with E-state index < -0.39 is 0 Å². The van der Waals surface area contributed by atoms with Crippen LogP contribution in [0.2, 0.25) is 0 Å². The highest BCUT2D eigenvalue weighted by molar-refractivity contribution is 5.59. The molecular weight excluding hydrogens is 260 g/mol. The van der Waals surface area contributed by atoms with Crippen LogP contribution in [0.1, 0.15) is 50.9 Å². The van der Waals surface area contributed by atoms with E-state index in [0.717, 1.165) is 42.9 Å². The predicted molar refractivity (Wildman–Crippen MR) is 88.0 cm³/mol. The lowest BCUT2D eigenvalue weighted by molar-refractivity contribution is 0.494. The van der Waals surface area contributed by atoms with Crippen molar-refractivity contribution in [2.45, 2.75) is 52.9 Å². The number of rotatable bonds is 5. The van der Waals surface area contributed by atoms with E-state index in [1.807, 2.05) is 0 Å². The summed E-state index contributed by atoms with van der Waals surface area (Å²) in [6, 6.07) is 0. The fourth-order valence-electron chi connectivity index (χ4n) is 3.84. The molecule has 0 spiro atoms. The van der Waals surface area contributed by atoms with Crippen molar-refractivity contribution in [2.24, 2.45) is 11.8 Å². The first-order chi connectivity index (χ1) is 10.2. The normalized spacial score (nSPS) is 24.4. The molecule has 0 aromatic carbocycles. The number of nitrogens with zero attached hydrogens (tertiary/aromatic N) is 3. The van der Waals surface area contributed by atoms with Gasteiger partial charge < -0.3 is 10.2 Å². The molecule has 1 saturated heterocycles. The molecule has 21 heavy (non-hydrogen) atoms. The van der Waals surface area contributed by atoms with Crippen molar-refractivity contribution in [1.82, 2.24) is 9.97 Å². The van der Waals surface area contributed by atoms with E-state index in [1.54, 1.807) is 0 Å². The van der Waals surface area contributed by atoms with E-state index in [0.29, 0.717) is 0 Å². The maximum Gasteiger partial charge on any atom is 0.137 e. The Hall–Kier alpha value is -1.32. The smallest absolute Gasteiger partial charge is 0.137 e. The van der Waals surface area contributed by atoms with Gasteiger partial charge in [0.15, 0.2) is 0 Å². The second-order valence-electron chi connectivity index (χ2n) is 6.57. The number of aryl methyl sites for hydroxylation is 1. The Morgan fingerprint density at radius 1 is 1.14 bits per heavy atom. The van der Waals surface area contributed by atoms with Gasteiger partial charge in [-0.1, -0.05) is 20.3 Å². The van der Waals surface area contributed by atoms with Crippen molar-refractivity contribution in [2.75, 3.05) is 29.9 Å². The van der Waals surface area contributed by atoms with Crippen molar-refractivity contribution in [3.63, 3.8) is 0 Å². The summed E-state index contributed by atoms with van der Waals surface area (Å²) >= 11 is 0. The van der Waals surface area contributed by atoms with E-state index >= 15 is 0 Å². The zero-order chi connectivity index (χ0) is 14.8. The van der Waals surface area contributed by atoms with Gasteiger partial charge in [0.25, 0.3) is 0 Å². The van der Waals surface area contributed by atoms with Gasteiger partial charge in [0.1, 0.15) is 17.5 Å². The van der Waals surface area contributed by atoms with Gasteiger partial charge in [-0.15, -0.1) is 0 Å². The molecule has 2 aliphatic rings. The standard InChI is InChI=1S/C17H28N4/c1-4-9-18-16-12(3)17(20-15(5-2)19-16)21-10-13-7-6-8-14(13)11-21/h13-14H,4-11H2,1-3H3,(H,18,19,20).